The first-order chi connectivity index (χ1) is 16.7. The number of aryl methyl sites for hydroxylation is 2. The lowest BCUT2D eigenvalue weighted by Crippen LogP contribution is -2.35. The van der Waals surface area contributed by atoms with Crippen LogP contribution in [0.25, 0.3) is 0 Å². The molecule has 1 aromatic carbocycles. The van der Waals surface area contributed by atoms with Crippen LogP contribution >= 0.6 is 11.6 Å². The van der Waals surface area contributed by atoms with Gasteiger partial charge in [0.2, 0.25) is 0 Å². The number of carbonyl (C=O) groups excluding carboxylic acids is 2. The zero-order chi connectivity index (χ0) is 25.7. The minimum atomic E-state index is -0.768. The molecule has 1 aromatic heterocycles. The van der Waals surface area contributed by atoms with Crippen LogP contribution in [0.5, 0.6) is 0 Å². The number of nitrogens with one attached hydrogen (secondary N) is 1. The number of benzene rings is 1. The normalized spacial score (nSPS) is 15.8. The molecule has 0 saturated heterocycles. The number of methoxy groups -OCH3 is 1. The van der Waals surface area contributed by atoms with Crippen molar-refractivity contribution in [1.29, 1.82) is 0 Å². The van der Waals surface area contributed by atoms with E-state index < -0.39 is 17.9 Å². The first-order valence-corrected chi connectivity index (χ1v) is 11.9. The molecular formula is C26H32ClN3O5. The highest BCUT2D eigenvalue weighted by atomic mass is 35.5. The van der Waals surface area contributed by atoms with E-state index in [-0.39, 0.29) is 18.8 Å². The van der Waals surface area contributed by atoms with Gasteiger partial charge in [0.1, 0.15) is 5.82 Å². The van der Waals surface area contributed by atoms with Crippen LogP contribution in [-0.2, 0) is 30.3 Å². The maximum absolute atomic E-state index is 13.2. The molecule has 2 aromatic rings. The van der Waals surface area contributed by atoms with Gasteiger partial charge in [-0.2, -0.15) is 0 Å². The Labute approximate surface area is 210 Å². The van der Waals surface area contributed by atoms with Gasteiger partial charge in [0.15, 0.2) is 0 Å². The van der Waals surface area contributed by atoms with Crippen LogP contribution in [0.15, 0.2) is 46.8 Å². The molecule has 188 valence electrons. The molecule has 1 N–H and O–H groups in total. The van der Waals surface area contributed by atoms with Gasteiger partial charge in [-0.15, -0.1) is 0 Å². The van der Waals surface area contributed by atoms with Gasteiger partial charge >= 0.3 is 11.9 Å². The van der Waals surface area contributed by atoms with Crippen LogP contribution in [0.2, 0.25) is 5.02 Å². The first-order valence-electron chi connectivity index (χ1n) is 11.5. The Balaban J connectivity index is 1.97. The first kappa shape index (κ1) is 26.5. The summed E-state index contributed by atoms with van der Waals surface area (Å²) in [6.07, 6.45) is 0. The summed E-state index contributed by atoms with van der Waals surface area (Å²) in [4.78, 5) is 30.5. The SMILES string of the molecule is CCOC(=O)C1=C(COCCn2c(C)nc(C)c2C)NC(C)=C(C(=O)OC)[C@@H]1c1ccccc1Cl. The molecule has 0 radical (unpaired) electrons. The summed E-state index contributed by atoms with van der Waals surface area (Å²) in [5.74, 6) is -0.945. The summed E-state index contributed by atoms with van der Waals surface area (Å²) in [6.45, 7) is 10.8. The van der Waals surface area contributed by atoms with Crippen molar-refractivity contribution in [3.8, 4) is 0 Å². The monoisotopic (exact) mass is 501 g/mol. The molecule has 35 heavy (non-hydrogen) atoms. The maximum atomic E-state index is 13.2. The fourth-order valence-electron chi connectivity index (χ4n) is 4.34. The molecule has 1 aliphatic rings. The molecule has 0 spiro atoms. The van der Waals surface area contributed by atoms with E-state index in [2.05, 4.69) is 14.9 Å². The highest BCUT2D eigenvalue weighted by Gasteiger charge is 2.39. The lowest BCUT2D eigenvalue weighted by molar-refractivity contribution is -0.139. The number of dihydropyridines is 1. The Kier molecular flexibility index (Phi) is 8.75. The molecule has 2 heterocycles. The summed E-state index contributed by atoms with van der Waals surface area (Å²) in [5, 5.41) is 3.61. The number of hydrogen-bond acceptors (Lipinski definition) is 7. The molecule has 9 heteroatoms. The summed E-state index contributed by atoms with van der Waals surface area (Å²) in [5.41, 5.74) is 4.34. The summed E-state index contributed by atoms with van der Waals surface area (Å²) >= 11 is 6.53. The topological polar surface area (TPSA) is 91.7 Å². The van der Waals surface area contributed by atoms with Crippen LogP contribution in [0.1, 0.15) is 42.5 Å². The van der Waals surface area contributed by atoms with Crippen molar-refractivity contribution in [1.82, 2.24) is 14.9 Å². The Morgan fingerprint density at radius 3 is 2.43 bits per heavy atom. The van der Waals surface area contributed by atoms with Gasteiger partial charge in [-0.1, -0.05) is 29.8 Å². The molecule has 1 aliphatic heterocycles. The van der Waals surface area contributed by atoms with Gasteiger partial charge in [0.05, 0.1) is 55.4 Å². The molecule has 0 amide bonds. The summed E-state index contributed by atoms with van der Waals surface area (Å²) < 4.78 is 18.5. The number of imidazole rings is 1. The quantitative estimate of drug-likeness (QED) is 0.408. The van der Waals surface area contributed by atoms with E-state index in [0.29, 0.717) is 40.7 Å². The van der Waals surface area contributed by atoms with E-state index in [0.717, 1.165) is 17.2 Å². The largest absolute Gasteiger partial charge is 0.466 e. The minimum absolute atomic E-state index is 0.118. The highest BCUT2D eigenvalue weighted by molar-refractivity contribution is 6.31. The minimum Gasteiger partial charge on any atom is -0.466 e. The number of allylic oxidation sites excluding steroid dienone is 1. The van der Waals surface area contributed by atoms with Crippen molar-refractivity contribution in [2.24, 2.45) is 0 Å². The van der Waals surface area contributed by atoms with Crippen molar-refractivity contribution in [2.45, 2.75) is 47.1 Å². The van der Waals surface area contributed by atoms with E-state index in [4.69, 9.17) is 25.8 Å². The number of ether oxygens (including phenoxy) is 3. The zero-order valence-electron chi connectivity index (χ0n) is 21.0. The van der Waals surface area contributed by atoms with Crippen molar-refractivity contribution < 1.29 is 23.8 Å². The average molecular weight is 502 g/mol. The number of esters is 2. The van der Waals surface area contributed by atoms with Gasteiger partial charge in [-0.25, -0.2) is 14.6 Å². The third kappa shape index (κ3) is 5.60. The number of nitrogens with zero attached hydrogens (tertiary/aromatic N) is 2. The second-order valence-corrected chi connectivity index (χ2v) is 8.66. The molecule has 0 aliphatic carbocycles. The van der Waals surface area contributed by atoms with Gasteiger partial charge in [0.25, 0.3) is 0 Å². The molecule has 0 fully saturated rings. The van der Waals surface area contributed by atoms with Crippen LogP contribution < -0.4 is 5.32 Å². The van der Waals surface area contributed by atoms with E-state index in [1.165, 1.54) is 7.11 Å². The molecule has 0 bridgehead atoms. The van der Waals surface area contributed by atoms with E-state index >= 15 is 0 Å². The Morgan fingerprint density at radius 2 is 1.83 bits per heavy atom. The Morgan fingerprint density at radius 1 is 1.11 bits per heavy atom. The predicted octanol–water partition coefficient (Wildman–Crippen LogP) is 4.13. The third-order valence-corrected chi connectivity index (χ3v) is 6.46. The van der Waals surface area contributed by atoms with Crippen LogP contribution in [0.3, 0.4) is 0 Å². The van der Waals surface area contributed by atoms with E-state index in [1.54, 1.807) is 32.0 Å². The fourth-order valence-corrected chi connectivity index (χ4v) is 4.59. The fraction of sp³-hybridized carbons (Fsp3) is 0.423. The average Bonchev–Trinajstić information content (AvgIpc) is 3.07. The van der Waals surface area contributed by atoms with Crippen LogP contribution in [-0.4, -0.2) is 48.4 Å². The number of hydrogen-bond donors (Lipinski definition) is 1. The standard InChI is InChI=1S/C26H32ClN3O5/c1-7-35-26(32)24-21(14-34-13-12-30-17(4)15(2)28-18(30)5)29-16(3)22(25(31)33-6)23(24)19-10-8-9-11-20(19)27/h8-11,23,29H,7,12-14H2,1-6H3/t23-/m0/s1. The lowest BCUT2D eigenvalue weighted by atomic mass is 9.80. The lowest BCUT2D eigenvalue weighted by Gasteiger charge is -2.31. The molecule has 3 rings (SSSR count). The van der Waals surface area contributed by atoms with Gasteiger partial charge in [-0.3, -0.25) is 0 Å². The van der Waals surface area contributed by atoms with Crippen molar-refractivity contribution in [3.63, 3.8) is 0 Å². The predicted molar refractivity (Wildman–Crippen MR) is 133 cm³/mol. The van der Waals surface area contributed by atoms with Crippen LogP contribution in [0.4, 0.5) is 0 Å². The van der Waals surface area contributed by atoms with E-state index in [1.807, 2.05) is 26.8 Å². The number of halogens is 1. The van der Waals surface area contributed by atoms with Crippen molar-refractivity contribution in [3.05, 3.63) is 74.6 Å². The number of carbonyl (C=O) groups is 2. The van der Waals surface area contributed by atoms with Crippen LogP contribution in [0, 0.1) is 20.8 Å². The molecule has 0 unspecified atom stereocenters. The number of aromatic nitrogens is 2. The summed E-state index contributed by atoms with van der Waals surface area (Å²) in [7, 11) is 1.31. The third-order valence-electron chi connectivity index (χ3n) is 6.12. The second kappa shape index (κ2) is 11.6. The highest BCUT2D eigenvalue weighted by Crippen LogP contribution is 2.41. The van der Waals surface area contributed by atoms with Gasteiger partial charge < -0.3 is 24.1 Å². The molecule has 0 saturated carbocycles. The van der Waals surface area contributed by atoms with Crippen molar-refractivity contribution >= 4 is 23.5 Å². The molecule has 1 atom stereocenters. The Hall–Kier alpha value is -3.10. The van der Waals surface area contributed by atoms with E-state index in [9.17, 15) is 9.59 Å². The maximum Gasteiger partial charge on any atom is 0.336 e. The zero-order valence-corrected chi connectivity index (χ0v) is 21.8. The van der Waals surface area contributed by atoms with Gasteiger partial charge in [0, 0.05) is 23.0 Å². The Bertz CT molecular complexity index is 1180. The van der Waals surface area contributed by atoms with Gasteiger partial charge in [-0.05, 0) is 46.2 Å². The van der Waals surface area contributed by atoms with Crippen molar-refractivity contribution in [2.75, 3.05) is 26.9 Å². The molecular weight excluding hydrogens is 470 g/mol. The molecule has 8 nitrogen and oxygen atoms in total. The second-order valence-electron chi connectivity index (χ2n) is 8.26. The summed E-state index contributed by atoms with van der Waals surface area (Å²) in [6, 6.07) is 7.12. The number of rotatable bonds is 9. The smallest absolute Gasteiger partial charge is 0.336 e.